The quantitative estimate of drug-likeness (QED) is 0.702. The fourth-order valence-electron chi connectivity index (χ4n) is 2.41. The van der Waals surface area contributed by atoms with Gasteiger partial charge < -0.3 is 10.1 Å². The van der Waals surface area contributed by atoms with E-state index in [2.05, 4.69) is 26.2 Å². The summed E-state index contributed by atoms with van der Waals surface area (Å²) in [6.45, 7) is 6.81. The molecule has 15 heavy (non-hydrogen) atoms. The molecule has 0 saturated carbocycles. The lowest BCUT2D eigenvalue weighted by molar-refractivity contribution is 0.0999. The van der Waals surface area contributed by atoms with Crippen LogP contribution in [0.3, 0.4) is 0 Å². The van der Waals surface area contributed by atoms with Crippen LogP contribution in [0.15, 0.2) is 0 Å². The van der Waals surface area contributed by atoms with Crippen molar-refractivity contribution in [3.63, 3.8) is 0 Å². The molecular weight excluding hydrogens is 186 g/mol. The van der Waals surface area contributed by atoms with Gasteiger partial charge in [-0.05, 0) is 51.1 Å². The Kier molecular flexibility index (Phi) is 6.26. The summed E-state index contributed by atoms with van der Waals surface area (Å²) in [6.07, 6.45) is 7.08. The summed E-state index contributed by atoms with van der Waals surface area (Å²) < 4.78 is 5.64. The SMILES string of the molecule is CNCC(CCCC1CCCO1)C(C)C. The molecule has 0 aromatic rings. The maximum absolute atomic E-state index is 5.64. The summed E-state index contributed by atoms with van der Waals surface area (Å²) in [7, 11) is 2.05. The molecule has 0 radical (unpaired) electrons. The van der Waals surface area contributed by atoms with E-state index in [-0.39, 0.29) is 0 Å². The molecule has 0 spiro atoms. The Hall–Kier alpha value is -0.0800. The molecule has 1 rings (SSSR count). The lowest BCUT2D eigenvalue weighted by Gasteiger charge is -2.21. The third kappa shape index (κ3) is 4.98. The summed E-state index contributed by atoms with van der Waals surface area (Å²) in [5.74, 6) is 1.62. The Labute approximate surface area is 94.8 Å². The van der Waals surface area contributed by atoms with Gasteiger partial charge in [0.25, 0.3) is 0 Å². The smallest absolute Gasteiger partial charge is 0.0576 e. The lowest BCUT2D eigenvalue weighted by atomic mass is 9.90. The molecule has 2 nitrogen and oxygen atoms in total. The average Bonchev–Trinajstić information content (AvgIpc) is 2.69. The monoisotopic (exact) mass is 213 g/mol. The topological polar surface area (TPSA) is 21.3 Å². The zero-order valence-corrected chi connectivity index (χ0v) is 10.6. The van der Waals surface area contributed by atoms with Crippen molar-refractivity contribution >= 4 is 0 Å². The van der Waals surface area contributed by atoms with E-state index in [9.17, 15) is 0 Å². The first-order valence-corrected chi connectivity index (χ1v) is 6.50. The summed E-state index contributed by atoms with van der Waals surface area (Å²) in [5, 5.41) is 3.30. The van der Waals surface area contributed by atoms with Crippen LogP contribution in [0, 0.1) is 11.8 Å². The van der Waals surface area contributed by atoms with Gasteiger partial charge in [-0.15, -0.1) is 0 Å². The van der Waals surface area contributed by atoms with Crippen molar-refractivity contribution in [2.45, 2.75) is 52.1 Å². The molecule has 1 heterocycles. The predicted molar refractivity (Wildman–Crippen MR) is 65.1 cm³/mol. The fourth-order valence-corrected chi connectivity index (χ4v) is 2.41. The van der Waals surface area contributed by atoms with Crippen LogP contribution in [0.1, 0.15) is 46.0 Å². The second kappa shape index (κ2) is 7.24. The highest BCUT2D eigenvalue weighted by Crippen LogP contribution is 2.22. The van der Waals surface area contributed by atoms with E-state index < -0.39 is 0 Å². The van der Waals surface area contributed by atoms with Crippen molar-refractivity contribution in [1.29, 1.82) is 0 Å². The van der Waals surface area contributed by atoms with E-state index in [4.69, 9.17) is 4.74 Å². The van der Waals surface area contributed by atoms with E-state index in [1.807, 2.05) is 0 Å². The predicted octanol–water partition coefficient (Wildman–Crippen LogP) is 2.83. The van der Waals surface area contributed by atoms with Crippen molar-refractivity contribution in [3.05, 3.63) is 0 Å². The van der Waals surface area contributed by atoms with Crippen LogP contribution < -0.4 is 5.32 Å². The summed E-state index contributed by atoms with van der Waals surface area (Å²) in [4.78, 5) is 0. The number of nitrogens with one attached hydrogen (secondary N) is 1. The van der Waals surface area contributed by atoms with Gasteiger partial charge in [0.05, 0.1) is 6.10 Å². The van der Waals surface area contributed by atoms with Gasteiger partial charge in [0, 0.05) is 6.61 Å². The number of ether oxygens (including phenoxy) is 1. The molecule has 0 aromatic heterocycles. The van der Waals surface area contributed by atoms with Crippen LogP contribution in [0.2, 0.25) is 0 Å². The normalized spacial score (nSPS) is 23.6. The molecule has 0 aliphatic carbocycles. The number of hydrogen-bond donors (Lipinski definition) is 1. The molecule has 2 unspecified atom stereocenters. The summed E-state index contributed by atoms with van der Waals surface area (Å²) in [5.41, 5.74) is 0. The zero-order chi connectivity index (χ0) is 11.1. The second-order valence-corrected chi connectivity index (χ2v) is 5.13. The van der Waals surface area contributed by atoms with E-state index in [0.717, 1.165) is 25.0 Å². The minimum atomic E-state index is 0.576. The van der Waals surface area contributed by atoms with Crippen LogP contribution in [0.25, 0.3) is 0 Å². The van der Waals surface area contributed by atoms with E-state index in [0.29, 0.717) is 6.10 Å². The van der Waals surface area contributed by atoms with Gasteiger partial charge in [-0.2, -0.15) is 0 Å². The summed E-state index contributed by atoms with van der Waals surface area (Å²) >= 11 is 0. The van der Waals surface area contributed by atoms with Gasteiger partial charge in [-0.3, -0.25) is 0 Å². The Morgan fingerprint density at radius 1 is 1.40 bits per heavy atom. The highest BCUT2D eigenvalue weighted by Gasteiger charge is 2.17. The molecule has 1 fully saturated rings. The number of hydrogen-bond acceptors (Lipinski definition) is 2. The van der Waals surface area contributed by atoms with E-state index in [1.165, 1.54) is 32.1 Å². The molecule has 1 N–H and O–H groups in total. The van der Waals surface area contributed by atoms with Crippen LogP contribution in [0.4, 0.5) is 0 Å². The first kappa shape index (κ1) is 13.0. The minimum absolute atomic E-state index is 0.576. The van der Waals surface area contributed by atoms with E-state index >= 15 is 0 Å². The van der Waals surface area contributed by atoms with Crippen molar-refractivity contribution in [1.82, 2.24) is 5.32 Å². The molecule has 1 aliphatic rings. The van der Waals surface area contributed by atoms with E-state index in [1.54, 1.807) is 0 Å². The van der Waals surface area contributed by atoms with Crippen LogP contribution in [0.5, 0.6) is 0 Å². The van der Waals surface area contributed by atoms with Crippen molar-refractivity contribution in [2.24, 2.45) is 11.8 Å². The minimum Gasteiger partial charge on any atom is -0.378 e. The Bertz CT molecular complexity index is 153. The van der Waals surface area contributed by atoms with Crippen LogP contribution in [-0.2, 0) is 4.74 Å². The van der Waals surface area contributed by atoms with Gasteiger partial charge in [0.1, 0.15) is 0 Å². The average molecular weight is 213 g/mol. The highest BCUT2D eigenvalue weighted by molar-refractivity contribution is 4.69. The van der Waals surface area contributed by atoms with Crippen molar-refractivity contribution in [2.75, 3.05) is 20.2 Å². The number of rotatable bonds is 7. The van der Waals surface area contributed by atoms with Gasteiger partial charge in [-0.1, -0.05) is 20.3 Å². The van der Waals surface area contributed by atoms with Gasteiger partial charge in [0.2, 0.25) is 0 Å². The van der Waals surface area contributed by atoms with Crippen molar-refractivity contribution < 1.29 is 4.74 Å². The first-order chi connectivity index (χ1) is 7.24. The molecule has 1 aliphatic heterocycles. The second-order valence-electron chi connectivity index (χ2n) is 5.13. The first-order valence-electron chi connectivity index (χ1n) is 6.50. The molecule has 90 valence electrons. The van der Waals surface area contributed by atoms with Gasteiger partial charge >= 0.3 is 0 Å². The molecule has 0 amide bonds. The molecule has 2 heteroatoms. The van der Waals surface area contributed by atoms with Crippen LogP contribution in [-0.4, -0.2) is 26.3 Å². The molecule has 1 saturated heterocycles. The Morgan fingerprint density at radius 3 is 2.73 bits per heavy atom. The van der Waals surface area contributed by atoms with Crippen molar-refractivity contribution in [3.8, 4) is 0 Å². The van der Waals surface area contributed by atoms with Gasteiger partial charge in [-0.25, -0.2) is 0 Å². The standard InChI is InChI=1S/C13H27NO/c1-11(2)12(10-14-3)6-4-7-13-8-5-9-15-13/h11-14H,4-10H2,1-3H3. The third-order valence-corrected chi connectivity index (χ3v) is 3.53. The van der Waals surface area contributed by atoms with Crippen LogP contribution >= 0.6 is 0 Å². The Balaban J connectivity index is 2.09. The Morgan fingerprint density at radius 2 is 2.20 bits per heavy atom. The fraction of sp³-hybridized carbons (Fsp3) is 1.00. The molecule has 0 aromatic carbocycles. The zero-order valence-electron chi connectivity index (χ0n) is 10.6. The maximum atomic E-state index is 5.64. The maximum Gasteiger partial charge on any atom is 0.0576 e. The van der Waals surface area contributed by atoms with Gasteiger partial charge in [0.15, 0.2) is 0 Å². The molecule has 0 bridgehead atoms. The largest absolute Gasteiger partial charge is 0.378 e. The third-order valence-electron chi connectivity index (χ3n) is 3.53. The lowest BCUT2D eigenvalue weighted by Crippen LogP contribution is -2.23. The molecule has 2 atom stereocenters. The highest BCUT2D eigenvalue weighted by atomic mass is 16.5. The molecular formula is C13H27NO. The summed E-state index contributed by atoms with van der Waals surface area (Å²) in [6, 6.07) is 0.